The number of anilines is 1. The van der Waals surface area contributed by atoms with Crippen LogP contribution in [0.1, 0.15) is 77.5 Å². The number of aryl methyl sites for hydroxylation is 1. The van der Waals surface area contributed by atoms with Crippen LogP contribution in [0, 0.1) is 5.92 Å². The van der Waals surface area contributed by atoms with Crippen LogP contribution < -0.4 is 10.2 Å². The Kier molecular flexibility index (Phi) is 6.73. The molecule has 0 spiro atoms. The average Bonchev–Trinajstić information content (AvgIpc) is 3.44. The number of hydrogen-bond donors (Lipinski definition) is 1. The van der Waals surface area contributed by atoms with Crippen molar-refractivity contribution in [3.63, 3.8) is 0 Å². The van der Waals surface area contributed by atoms with Gasteiger partial charge in [-0.2, -0.15) is 13.2 Å². The number of aromatic nitrogens is 3. The molecule has 40 heavy (non-hydrogen) atoms. The first-order valence-corrected chi connectivity index (χ1v) is 13.9. The molecular formula is C30H34F3N5O2. The number of fused-ring (bicyclic) bond motifs is 1. The Morgan fingerprint density at radius 2 is 1.98 bits per heavy atom. The van der Waals surface area contributed by atoms with Gasteiger partial charge in [0.2, 0.25) is 0 Å². The van der Waals surface area contributed by atoms with Crippen LogP contribution in [0.3, 0.4) is 0 Å². The van der Waals surface area contributed by atoms with Crippen molar-refractivity contribution in [1.82, 2.24) is 20.1 Å². The Balaban J connectivity index is 1.31. The van der Waals surface area contributed by atoms with E-state index in [1.165, 1.54) is 17.4 Å². The lowest BCUT2D eigenvalue weighted by Crippen LogP contribution is -2.48. The van der Waals surface area contributed by atoms with Crippen molar-refractivity contribution in [2.75, 3.05) is 12.0 Å². The van der Waals surface area contributed by atoms with E-state index in [-0.39, 0.29) is 36.4 Å². The maximum Gasteiger partial charge on any atom is 0.416 e. The lowest BCUT2D eigenvalue weighted by Gasteiger charge is -2.46. The van der Waals surface area contributed by atoms with Crippen LogP contribution in [0.5, 0.6) is 0 Å². The molecule has 2 heterocycles. The topological polar surface area (TPSA) is 72.3 Å². The monoisotopic (exact) mass is 553 g/mol. The molecule has 1 aliphatic heterocycles. The summed E-state index contributed by atoms with van der Waals surface area (Å²) in [6.45, 7) is 2.24. The number of benzene rings is 2. The lowest BCUT2D eigenvalue weighted by molar-refractivity contribution is -0.138. The van der Waals surface area contributed by atoms with Crippen molar-refractivity contribution in [1.29, 1.82) is 0 Å². The quantitative estimate of drug-likeness (QED) is 0.406. The Morgan fingerprint density at radius 3 is 2.60 bits per heavy atom. The summed E-state index contributed by atoms with van der Waals surface area (Å²) in [6, 6.07) is 10.6. The first-order chi connectivity index (χ1) is 19.1. The second-order valence-corrected chi connectivity index (χ2v) is 11.6. The second kappa shape index (κ2) is 9.99. The molecule has 6 rings (SSSR count). The van der Waals surface area contributed by atoms with E-state index in [1.807, 2.05) is 29.8 Å². The van der Waals surface area contributed by atoms with E-state index in [4.69, 9.17) is 4.74 Å². The number of amides is 1. The van der Waals surface area contributed by atoms with Crippen molar-refractivity contribution < 1.29 is 22.7 Å². The van der Waals surface area contributed by atoms with Crippen molar-refractivity contribution in [2.24, 2.45) is 13.0 Å². The second-order valence-electron chi connectivity index (χ2n) is 11.6. The first-order valence-electron chi connectivity index (χ1n) is 13.9. The van der Waals surface area contributed by atoms with E-state index in [1.54, 1.807) is 25.6 Å². The largest absolute Gasteiger partial charge is 0.416 e. The first kappa shape index (κ1) is 27.0. The van der Waals surface area contributed by atoms with Crippen LogP contribution in [-0.4, -0.2) is 39.9 Å². The fourth-order valence-electron chi connectivity index (χ4n) is 6.54. The fourth-order valence-corrected chi connectivity index (χ4v) is 6.54. The third-order valence-corrected chi connectivity index (χ3v) is 9.23. The molecule has 212 valence electrons. The van der Waals surface area contributed by atoms with E-state index >= 15 is 0 Å². The van der Waals surface area contributed by atoms with Gasteiger partial charge >= 0.3 is 6.18 Å². The highest BCUT2D eigenvalue weighted by atomic mass is 19.4. The number of halogens is 3. The summed E-state index contributed by atoms with van der Waals surface area (Å²) >= 11 is 0. The molecule has 2 saturated carbocycles. The Morgan fingerprint density at radius 1 is 1.20 bits per heavy atom. The maximum absolute atomic E-state index is 14.2. The molecule has 2 aliphatic carbocycles. The Hall–Kier alpha value is -3.24. The van der Waals surface area contributed by atoms with Crippen LogP contribution in [0.2, 0.25) is 0 Å². The number of methoxy groups -OCH3 is 1. The lowest BCUT2D eigenvalue weighted by atomic mass is 9.62. The summed E-state index contributed by atoms with van der Waals surface area (Å²) in [4.78, 5) is 15.1. The zero-order chi connectivity index (χ0) is 28.2. The minimum Gasteiger partial charge on any atom is -0.381 e. The molecule has 1 N–H and O–H groups in total. The van der Waals surface area contributed by atoms with Gasteiger partial charge in [-0.15, -0.1) is 10.2 Å². The standard InChI is InChI=1S/C30H34F3N5O2/c1-18(20-6-4-7-20)34-15-19-10-24-25(26(11-19)30(31,32)33)16-38(27(24)39)22-9-5-8-21(12-22)29(13-23(14-29)40-3)28-36-35-17-37(28)2/h5,8-12,17-18,20,23,34H,4,6-7,13-16H2,1-3H3/t18-,23?,29?/m1/s1. The van der Waals surface area contributed by atoms with Gasteiger partial charge in [0.05, 0.1) is 23.6 Å². The summed E-state index contributed by atoms with van der Waals surface area (Å²) in [5.41, 5.74) is 0.941. The number of nitrogens with one attached hydrogen (secondary N) is 1. The number of ether oxygens (including phenoxy) is 1. The average molecular weight is 554 g/mol. The summed E-state index contributed by atoms with van der Waals surface area (Å²) in [5.74, 6) is 0.935. The Labute approximate surface area is 231 Å². The van der Waals surface area contributed by atoms with Gasteiger partial charge in [0.15, 0.2) is 0 Å². The normalized spacial score (nSPS) is 23.6. The molecule has 1 amide bonds. The molecule has 7 nitrogen and oxygen atoms in total. The zero-order valence-corrected chi connectivity index (χ0v) is 23.0. The van der Waals surface area contributed by atoms with Crippen molar-refractivity contribution in [3.05, 3.63) is 76.4 Å². The van der Waals surface area contributed by atoms with Crippen LogP contribution in [0.4, 0.5) is 18.9 Å². The third-order valence-electron chi connectivity index (χ3n) is 9.23. The highest BCUT2D eigenvalue weighted by Crippen LogP contribution is 2.50. The highest BCUT2D eigenvalue weighted by Gasteiger charge is 2.50. The summed E-state index contributed by atoms with van der Waals surface area (Å²) in [5, 5.41) is 11.8. The smallest absolute Gasteiger partial charge is 0.381 e. The van der Waals surface area contributed by atoms with E-state index in [2.05, 4.69) is 22.4 Å². The molecule has 3 aromatic rings. The highest BCUT2D eigenvalue weighted by molar-refractivity contribution is 6.10. The number of carbonyl (C=O) groups excluding carboxylic acids is 1. The van der Waals surface area contributed by atoms with Gasteiger partial charge in [0, 0.05) is 38.0 Å². The van der Waals surface area contributed by atoms with Gasteiger partial charge < -0.3 is 19.5 Å². The minimum atomic E-state index is -4.56. The maximum atomic E-state index is 14.2. The molecule has 0 bridgehead atoms. The van der Waals surface area contributed by atoms with Gasteiger partial charge in [-0.1, -0.05) is 18.6 Å². The van der Waals surface area contributed by atoms with Gasteiger partial charge in [0.25, 0.3) is 5.91 Å². The molecule has 10 heteroatoms. The zero-order valence-electron chi connectivity index (χ0n) is 23.0. The molecule has 1 aromatic heterocycles. The van der Waals surface area contributed by atoms with Crippen molar-refractivity contribution in [3.8, 4) is 0 Å². The van der Waals surface area contributed by atoms with E-state index < -0.39 is 23.1 Å². The molecule has 0 saturated heterocycles. The molecule has 3 aliphatic rings. The molecular weight excluding hydrogens is 519 g/mol. The predicted molar refractivity (Wildman–Crippen MR) is 144 cm³/mol. The van der Waals surface area contributed by atoms with Crippen molar-refractivity contribution in [2.45, 2.75) is 75.9 Å². The number of rotatable bonds is 8. The molecule has 1 atom stereocenters. The Bertz CT molecular complexity index is 1420. The number of hydrogen-bond acceptors (Lipinski definition) is 5. The summed E-state index contributed by atoms with van der Waals surface area (Å²) < 4.78 is 50.1. The van der Waals surface area contributed by atoms with Crippen LogP contribution in [-0.2, 0) is 36.5 Å². The van der Waals surface area contributed by atoms with Crippen molar-refractivity contribution >= 4 is 11.6 Å². The van der Waals surface area contributed by atoms with Crippen LogP contribution in [0.15, 0.2) is 42.7 Å². The molecule has 2 fully saturated rings. The van der Waals surface area contributed by atoms with Gasteiger partial charge in [0.1, 0.15) is 12.2 Å². The van der Waals surface area contributed by atoms with Gasteiger partial charge in [-0.05, 0) is 79.5 Å². The SMILES string of the molecule is COC1CC(c2cccc(N3Cc4c(cc(CN[C@H](C)C5CCC5)cc4C(F)(F)F)C3=O)c2)(c2nncn2C)C1. The third kappa shape index (κ3) is 4.51. The van der Waals surface area contributed by atoms with E-state index in [0.29, 0.717) is 30.0 Å². The van der Waals surface area contributed by atoms with E-state index in [0.717, 1.165) is 24.2 Å². The minimum absolute atomic E-state index is 0.0322. The van der Waals surface area contributed by atoms with Crippen LogP contribution >= 0.6 is 0 Å². The van der Waals surface area contributed by atoms with Gasteiger partial charge in [-0.3, -0.25) is 4.79 Å². The molecule has 0 unspecified atom stereocenters. The van der Waals surface area contributed by atoms with Crippen LogP contribution in [0.25, 0.3) is 0 Å². The fraction of sp³-hybridized carbons (Fsp3) is 0.500. The molecule has 0 radical (unpaired) electrons. The number of carbonyl (C=O) groups is 1. The van der Waals surface area contributed by atoms with E-state index in [9.17, 15) is 18.0 Å². The number of alkyl halides is 3. The number of nitrogens with zero attached hydrogens (tertiary/aromatic N) is 4. The summed E-state index contributed by atoms with van der Waals surface area (Å²) in [7, 11) is 3.57. The van der Waals surface area contributed by atoms with Gasteiger partial charge in [-0.25, -0.2) is 0 Å². The predicted octanol–water partition coefficient (Wildman–Crippen LogP) is 5.37. The summed E-state index contributed by atoms with van der Waals surface area (Å²) in [6.07, 6.45) is 2.03. The molecule has 2 aromatic carbocycles.